The van der Waals surface area contributed by atoms with Gasteiger partial charge in [0, 0.05) is 6.92 Å². The Morgan fingerprint density at radius 1 is 1.37 bits per heavy atom. The Labute approximate surface area is 115 Å². The number of para-hydroxylation sites is 1. The molecule has 0 aliphatic rings. The Balaban J connectivity index is 2.15. The number of benzene rings is 1. The summed E-state index contributed by atoms with van der Waals surface area (Å²) in [6, 6.07) is 5.33. The molecule has 0 saturated heterocycles. The number of thiazole rings is 1. The predicted octanol–water partition coefficient (Wildman–Crippen LogP) is 2.07. The Bertz CT molecular complexity index is 636. The predicted molar refractivity (Wildman–Crippen MR) is 76.3 cm³/mol. The largest absolute Gasteiger partial charge is 0.345 e. The van der Waals surface area contributed by atoms with Gasteiger partial charge < -0.3 is 10.6 Å². The Hall–Kier alpha value is -1.95. The Kier molecular flexibility index (Phi) is 3.80. The van der Waals surface area contributed by atoms with E-state index in [4.69, 9.17) is 0 Å². The number of hydrogen-bond acceptors (Lipinski definition) is 4. The van der Waals surface area contributed by atoms with Gasteiger partial charge >= 0.3 is 0 Å². The zero-order valence-electron chi connectivity index (χ0n) is 11.0. The highest BCUT2D eigenvalue weighted by molar-refractivity contribution is 7.22. The lowest BCUT2D eigenvalue weighted by Gasteiger charge is -2.10. The number of fused-ring (bicyclic) bond motifs is 1. The third-order valence-electron chi connectivity index (χ3n) is 2.66. The van der Waals surface area contributed by atoms with Crippen LogP contribution in [0.3, 0.4) is 0 Å². The number of amides is 2. The van der Waals surface area contributed by atoms with Gasteiger partial charge in [0.2, 0.25) is 11.8 Å². The Morgan fingerprint density at radius 3 is 2.74 bits per heavy atom. The van der Waals surface area contributed by atoms with Crippen LogP contribution in [-0.4, -0.2) is 22.8 Å². The molecular weight excluding hydrogens is 262 g/mol. The quantitative estimate of drug-likeness (QED) is 0.902. The zero-order chi connectivity index (χ0) is 14.0. The maximum absolute atomic E-state index is 11.9. The summed E-state index contributed by atoms with van der Waals surface area (Å²) in [5, 5.41) is 5.80. The number of nitrogens with zero attached hydrogens (tertiary/aromatic N) is 1. The van der Waals surface area contributed by atoms with Crippen LogP contribution < -0.4 is 10.6 Å². The van der Waals surface area contributed by atoms with E-state index in [-0.39, 0.29) is 11.8 Å². The normalized spacial score (nSPS) is 12.2. The molecule has 1 aromatic heterocycles. The van der Waals surface area contributed by atoms with Crippen molar-refractivity contribution in [1.29, 1.82) is 0 Å². The van der Waals surface area contributed by atoms with Crippen molar-refractivity contribution in [1.82, 2.24) is 10.3 Å². The average molecular weight is 277 g/mol. The lowest BCUT2D eigenvalue weighted by atomic mass is 10.2. The molecule has 0 fully saturated rings. The van der Waals surface area contributed by atoms with Gasteiger partial charge in [0.25, 0.3) is 0 Å². The van der Waals surface area contributed by atoms with Crippen LogP contribution >= 0.6 is 11.3 Å². The van der Waals surface area contributed by atoms with E-state index < -0.39 is 6.04 Å². The minimum Gasteiger partial charge on any atom is -0.345 e. The second kappa shape index (κ2) is 5.36. The molecule has 0 aliphatic heterocycles. The standard InChI is InChI=1S/C13H15N3O2S/c1-7-5-4-6-10-11(7)15-13(19-10)16-12(18)8(2)14-9(3)17/h4-6,8H,1-3H3,(H,14,17)(H,15,16,18). The molecule has 1 heterocycles. The summed E-state index contributed by atoms with van der Waals surface area (Å²) in [5.74, 6) is -0.505. The van der Waals surface area contributed by atoms with E-state index >= 15 is 0 Å². The van der Waals surface area contributed by atoms with E-state index in [2.05, 4.69) is 15.6 Å². The van der Waals surface area contributed by atoms with Crippen LogP contribution in [0.2, 0.25) is 0 Å². The van der Waals surface area contributed by atoms with Gasteiger partial charge in [-0.25, -0.2) is 4.98 Å². The molecule has 0 spiro atoms. The molecule has 0 bridgehead atoms. The van der Waals surface area contributed by atoms with Crippen molar-refractivity contribution in [2.24, 2.45) is 0 Å². The van der Waals surface area contributed by atoms with Crippen LogP contribution in [0.5, 0.6) is 0 Å². The number of carbonyl (C=O) groups excluding carboxylic acids is 2. The van der Waals surface area contributed by atoms with E-state index in [1.54, 1.807) is 6.92 Å². The molecule has 100 valence electrons. The number of nitrogens with one attached hydrogen (secondary N) is 2. The van der Waals surface area contributed by atoms with E-state index in [1.807, 2.05) is 25.1 Å². The molecule has 0 radical (unpaired) electrons. The molecule has 1 atom stereocenters. The summed E-state index contributed by atoms with van der Waals surface area (Å²) < 4.78 is 1.03. The van der Waals surface area contributed by atoms with Crippen molar-refractivity contribution in [2.75, 3.05) is 5.32 Å². The number of anilines is 1. The summed E-state index contributed by atoms with van der Waals surface area (Å²) in [7, 11) is 0. The van der Waals surface area contributed by atoms with E-state index in [0.29, 0.717) is 5.13 Å². The summed E-state index contributed by atoms with van der Waals surface area (Å²) in [4.78, 5) is 27.1. The van der Waals surface area contributed by atoms with Crippen LogP contribution in [0.1, 0.15) is 19.4 Å². The molecule has 0 aliphatic carbocycles. The van der Waals surface area contributed by atoms with Crippen LogP contribution in [0.15, 0.2) is 18.2 Å². The molecule has 19 heavy (non-hydrogen) atoms. The van der Waals surface area contributed by atoms with Crippen molar-refractivity contribution in [2.45, 2.75) is 26.8 Å². The summed E-state index contributed by atoms with van der Waals surface area (Å²) in [6.45, 7) is 4.99. The Morgan fingerprint density at radius 2 is 2.11 bits per heavy atom. The SMILES string of the molecule is CC(=O)NC(C)C(=O)Nc1nc2c(C)cccc2s1. The van der Waals surface area contributed by atoms with Crippen LogP contribution in [0.4, 0.5) is 5.13 Å². The molecule has 2 amide bonds. The third kappa shape index (κ3) is 3.08. The van der Waals surface area contributed by atoms with E-state index in [1.165, 1.54) is 18.3 Å². The summed E-state index contributed by atoms with van der Waals surface area (Å²) in [5.41, 5.74) is 1.97. The average Bonchev–Trinajstić information content (AvgIpc) is 2.72. The number of carbonyl (C=O) groups is 2. The molecule has 5 nitrogen and oxygen atoms in total. The zero-order valence-corrected chi connectivity index (χ0v) is 11.8. The molecule has 1 aromatic carbocycles. The van der Waals surface area contributed by atoms with E-state index in [9.17, 15) is 9.59 Å². The highest BCUT2D eigenvalue weighted by atomic mass is 32.1. The van der Waals surface area contributed by atoms with Gasteiger partial charge in [0.1, 0.15) is 6.04 Å². The van der Waals surface area contributed by atoms with Gasteiger partial charge in [0.15, 0.2) is 5.13 Å². The van der Waals surface area contributed by atoms with Gasteiger partial charge in [-0.05, 0) is 25.5 Å². The molecule has 2 N–H and O–H groups in total. The number of rotatable bonds is 3. The first kappa shape index (κ1) is 13.5. The first-order valence-corrected chi connectivity index (χ1v) is 6.73. The molecule has 1 unspecified atom stereocenters. The van der Waals surface area contributed by atoms with Crippen molar-refractivity contribution in [3.05, 3.63) is 23.8 Å². The summed E-state index contributed by atoms with van der Waals surface area (Å²) in [6.07, 6.45) is 0. The van der Waals surface area contributed by atoms with Gasteiger partial charge in [-0.2, -0.15) is 0 Å². The second-order valence-electron chi connectivity index (χ2n) is 4.35. The van der Waals surface area contributed by atoms with Crippen molar-refractivity contribution >= 4 is 38.5 Å². The smallest absolute Gasteiger partial charge is 0.248 e. The molecular formula is C13H15N3O2S. The highest BCUT2D eigenvalue weighted by Gasteiger charge is 2.15. The lowest BCUT2D eigenvalue weighted by molar-refractivity contribution is -0.124. The monoisotopic (exact) mass is 277 g/mol. The van der Waals surface area contributed by atoms with Gasteiger partial charge in [0.05, 0.1) is 10.2 Å². The maximum Gasteiger partial charge on any atom is 0.248 e. The fourth-order valence-electron chi connectivity index (χ4n) is 1.72. The van der Waals surface area contributed by atoms with Gasteiger partial charge in [-0.1, -0.05) is 23.5 Å². The molecule has 2 aromatic rings. The second-order valence-corrected chi connectivity index (χ2v) is 5.38. The lowest BCUT2D eigenvalue weighted by Crippen LogP contribution is -2.40. The number of hydrogen-bond donors (Lipinski definition) is 2. The molecule has 6 heteroatoms. The molecule has 0 saturated carbocycles. The topological polar surface area (TPSA) is 71.1 Å². The maximum atomic E-state index is 11.9. The van der Waals surface area contributed by atoms with Crippen molar-refractivity contribution in [3.8, 4) is 0 Å². The first-order valence-electron chi connectivity index (χ1n) is 5.91. The first-order chi connectivity index (χ1) is 8.97. The van der Waals surface area contributed by atoms with Gasteiger partial charge in [-0.3, -0.25) is 9.59 Å². The minimum absolute atomic E-state index is 0.234. The fraction of sp³-hybridized carbons (Fsp3) is 0.308. The van der Waals surface area contributed by atoms with Gasteiger partial charge in [-0.15, -0.1) is 0 Å². The van der Waals surface area contributed by atoms with E-state index in [0.717, 1.165) is 15.8 Å². The number of aromatic nitrogens is 1. The van der Waals surface area contributed by atoms with Crippen LogP contribution in [0, 0.1) is 6.92 Å². The third-order valence-corrected chi connectivity index (χ3v) is 3.60. The highest BCUT2D eigenvalue weighted by Crippen LogP contribution is 2.27. The van der Waals surface area contributed by atoms with Crippen molar-refractivity contribution < 1.29 is 9.59 Å². The fourth-order valence-corrected chi connectivity index (χ4v) is 2.67. The van der Waals surface area contributed by atoms with Crippen molar-refractivity contribution in [3.63, 3.8) is 0 Å². The summed E-state index contributed by atoms with van der Waals surface area (Å²) >= 11 is 1.42. The number of aryl methyl sites for hydroxylation is 1. The molecule has 2 rings (SSSR count). The van der Waals surface area contributed by atoms with Crippen LogP contribution in [-0.2, 0) is 9.59 Å². The van der Waals surface area contributed by atoms with Crippen LogP contribution in [0.25, 0.3) is 10.2 Å². The minimum atomic E-state index is -0.578.